The van der Waals surface area contributed by atoms with Crippen molar-refractivity contribution in [1.29, 1.82) is 0 Å². The van der Waals surface area contributed by atoms with Gasteiger partial charge in [0.2, 0.25) is 0 Å². The van der Waals surface area contributed by atoms with E-state index in [0.29, 0.717) is 12.1 Å². The summed E-state index contributed by atoms with van der Waals surface area (Å²) in [5.74, 6) is 0. The van der Waals surface area contributed by atoms with E-state index in [1.54, 1.807) is 0 Å². The van der Waals surface area contributed by atoms with Crippen molar-refractivity contribution < 1.29 is 0 Å². The van der Waals surface area contributed by atoms with E-state index in [2.05, 4.69) is 35.4 Å². The second kappa shape index (κ2) is 8.00. The maximum Gasteiger partial charge on any atom is 0.0522 e. The van der Waals surface area contributed by atoms with Crippen LogP contribution in [-0.4, -0.2) is 46.4 Å². The van der Waals surface area contributed by atoms with Crippen molar-refractivity contribution in [1.82, 2.24) is 20.0 Å². The minimum absolute atomic E-state index is 0. The lowest BCUT2D eigenvalue weighted by atomic mass is 10.1. The predicted molar refractivity (Wildman–Crippen MR) is 79.9 cm³/mol. The Balaban J connectivity index is 0.00000144. The summed E-state index contributed by atoms with van der Waals surface area (Å²) in [4.78, 5) is 2.54. The number of nitrogens with one attached hydrogen (secondary N) is 1. The van der Waals surface area contributed by atoms with Crippen LogP contribution >= 0.6 is 24.8 Å². The molecular formula is C12H24Cl2N4. The van der Waals surface area contributed by atoms with Crippen LogP contribution < -0.4 is 5.32 Å². The van der Waals surface area contributed by atoms with E-state index >= 15 is 0 Å². The first-order valence-electron chi connectivity index (χ1n) is 6.09. The van der Waals surface area contributed by atoms with Gasteiger partial charge in [0, 0.05) is 45.0 Å². The molecule has 0 bridgehead atoms. The van der Waals surface area contributed by atoms with Crippen molar-refractivity contribution in [2.24, 2.45) is 7.05 Å². The van der Waals surface area contributed by atoms with Gasteiger partial charge in [0.05, 0.1) is 6.20 Å². The Bertz CT molecular complexity index is 333. The number of aryl methyl sites for hydroxylation is 1. The number of aromatic nitrogens is 2. The van der Waals surface area contributed by atoms with E-state index in [1.807, 2.05) is 17.9 Å². The summed E-state index contributed by atoms with van der Waals surface area (Å²) in [7, 11) is 1.97. The third-order valence-electron chi connectivity index (χ3n) is 3.11. The summed E-state index contributed by atoms with van der Waals surface area (Å²) < 4.78 is 1.87. The molecule has 2 rings (SSSR count). The maximum atomic E-state index is 4.20. The number of piperazine rings is 1. The number of halogens is 2. The standard InChI is InChI=1S/C12H22N4.2ClH/c1-10-7-16(8-11(2)14-10)5-4-12-6-13-15(3)9-12;;/h6,9-11,14H,4-5,7-8H2,1-3H3;2*1H. The molecular weight excluding hydrogens is 271 g/mol. The van der Waals surface area contributed by atoms with E-state index in [4.69, 9.17) is 0 Å². The lowest BCUT2D eigenvalue weighted by Gasteiger charge is -2.36. The fourth-order valence-electron chi connectivity index (χ4n) is 2.51. The van der Waals surface area contributed by atoms with Gasteiger partial charge in [-0.25, -0.2) is 0 Å². The van der Waals surface area contributed by atoms with Crippen LogP contribution in [0.25, 0.3) is 0 Å². The molecule has 4 nitrogen and oxygen atoms in total. The molecule has 0 amide bonds. The summed E-state index contributed by atoms with van der Waals surface area (Å²) in [5.41, 5.74) is 1.33. The van der Waals surface area contributed by atoms with Crippen LogP contribution in [-0.2, 0) is 13.5 Å². The minimum Gasteiger partial charge on any atom is -0.309 e. The molecule has 1 aliphatic heterocycles. The first kappa shape index (κ1) is 17.7. The van der Waals surface area contributed by atoms with Gasteiger partial charge in [-0.15, -0.1) is 24.8 Å². The molecule has 2 heterocycles. The van der Waals surface area contributed by atoms with Crippen LogP contribution in [0.2, 0.25) is 0 Å². The number of hydrogen-bond donors (Lipinski definition) is 1. The minimum atomic E-state index is 0. The van der Waals surface area contributed by atoms with Crippen molar-refractivity contribution in [3.05, 3.63) is 18.0 Å². The lowest BCUT2D eigenvalue weighted by Crippen LogP contribution is -2.54. The molecule has 1 aromatic rings. The molecule has 2 atom stereocenters. The van der Waals surface area contributed by atoms with Gasteiger partial charge in [0.25, 0.3) is 0 Å². The van der Waals surface area contributed by atoms with Crippen molar-refractivity contribution in [2.75, 3.05) is 19.6 Å². The molecule has 0 saturated carbocycles. The first-order valence-corrected chi connectivity index (χ1v) is 6.09. The molecule has 1 saturated heterocycles. The van der Waals surface area contributed by atoms with Crippen molar-refractivity contribution in [3.63, 3.8) is 0 Å². The highest BCUT2D eigenvalue weighted by atomic mass is 35.5. The zero-order valence-electron chi connectivity index (χ0n) is 11.3. The lowest BCUT2D eigenvalue weighted by molar-refractivity contribution is 0.175. The first-order chi connectivity index (χ1) is 7.63. The van der Waals surface area contributed by atoms with E-state index < -0.39 is 0 Å². The predicted octanol–water partition coefficient (Wildman–Crippen LogP) is 1.49. The van der Waals surface area contributed by atoms with Crippen molar-refractivity contribution in [2.45, 2.75) is 32.4 Å². The molecule has 18 heavy (non-hydrogen) atoms. The molecule has 106 valence electrons. The van der Waals surface area contributed by atoms with Gasteiger partial charge >= 0.3 is 0 Å². The van der Waals surface area contributed by atoms with E-state index in [0.717, 1.165) is 26.1 Å². The molecule has 6 heteroatoms. The molecule has 1 aromatic heterocycles. The molecule has 0 spiro atoms. The average Bonchev–Trinajstić information content (AvgIpc) is 2.60. The largest absolute Gasteiger partial charge is 0.309 e. The topological polar surface area (TPSA) is 33.1 Å². The summed E-state index contributed by atoms with van der Waals surface area (Å²) in [6.45, 7) is 7.97. The Hall–Kier alpha value is -0.290. The van der Waals surface area contributed by atoms with Crippen LogP contribution in [0.5, 0.6) is 0 Å². The molecule has 1 N–H and O–H groups in total. The fourth-order valence-corrected chi connectivity index (χ4v) is 2.51. The van der Waals surface area contributed by atoms with Crippen LogP contribution in [0.15, 0.2) is 12.4 Å². The molecule has 0 aromatic carbocycles. The van der Waals surface area contributed by atoms with Crippen LogP contribution in [0, 0.1) is 0 Å². The third-order valence-corrected chi connectivity index (χ3v) is 3.11. The normalized spacial score (nSPS) is 24.2. The zero-order valence-corrected chi connectivity index (χ0v) is 12.9. The van der Waals surface area contributed by atoms with Gasteiger partial charge in [-0.2, -0.15) is 5.10 Å². The summed E-state index contributed by atoms with van der Waals surface area (Å²) >= 11 is 0. The molecule has 1 aliphatic rings. The fraction of sp³-hybridized carbons (Fsp3) is 0.750. The second-order valence-corrected chi connectivity index (χ2v) is 5.00. The maximum absolute atomic E-state index is 4.20. The number of rotatable bonds is 3. The van der Waals surface area contributed by atoms with Crippen molar-refractivity contribution >= 4 is 24.8 Å². The Kier molecular flexibility index (Phi) is 7.87. The average molecular weight is 295 g/mol. The zero-order chi connectivity index (χ0) is 11.5. The summed E-state index contributed by atoms with van der Waals surface area (Å²) in [6, 6.07) is 1.22. The van der Waals surface area contributed by atoms with Gasteiger partial charge < -0.3 is 5.32 Å². The Morgan fingerprint density at radius 3 is 2.39 bits per heavy atom. The molecule has 0 aliphatic carbocycles. The van der Waals surface area contributed by atoms with Gasteiger partial charge in [-0.05, 0) is 25.8 Å². The quantitative estimate of drug-likeness (QED) is 0.917. The number of hydrogen-bond acceptors (Lipinski definition) is 3. The third kappa shape index (κ3) is 5.14. The van der Waals surface area contributed by atoms with Crippen LogP contribution in [0.1, 0.15) is 19.4 Å². The van der Waals surface area contributed by atoms with E-state index in [9.17, 15) is 0 Å². The highest BCUT2D eigenvalue weighted by Gasteiger charge is 2.20. The van der Waals surface area contributed by atoms with E-state index in [1.165, 1.54) is 5.56 Å². The van der Waals surface area contributed by atoms with Gasteiger partial charge in [-0.3, -0.25) is 9.58 Å². The highest BCUT2D eigenvalue weighted by molar-refractivity contribution is 5.85. The number of nitrogens with zero attached hydrogens (tertiary/aromatic N) is 3. The smallest absolute Gasteiger partial charge is 0.0522 e. The molecule has 0 radical (unpaired) electrons. The molecule has 2 unspecified atom stereocenters. The summed E-state index contributed by atoms with van der Waals surface area (Å²) in [5, 5.41) is 7.75. The Morgan fingerprint density at radius 1 is 1.28 bits per heavy atom. The van der Waals surface area contributed by atoms with Crippen LogP contribution in [0.3, 0.4) is 0 Å². The van der Waals surface area contributed by atoms with Crippen LogP contribution in [0.4, 0.5) is 0 Å². The molecule has 1 fully saturated rings. The monoisotopic (exact) mass is 294 g/mol. The summed E-state index contributed by atoms with van der Waals surface area (Å²) in [6.07, 6.45) is 5.18. The van der Waals surface area contributed by atoms with Gasteiger partial charge in [-0.1, -0.05) is 0 Å². The van der Waals surface area contributed by atoms with Gasteiger partial charge in [0.1, 0.15) is 0 Å². The van der Waals surface area contributed by atoms with Gasteiger partial charge in [0.15, 0.2) is 0 Å². The highest BCUT2D eigenvalue weighted by Crippen LogP contribution is 2.06. The van der Waals surface area contributed by atoms with Crippen molar-refractivity contribution in [3.8, 4) is 0 Å². The Labute approximate surface area is 122 Å². The Morgan fingerprint density at radius 2 is 1.89 bits per heavy atom. The van der Waals surface area contributed by atoms with E-state index in [-0.39, 0.29) is 24.8 Å². The second-order valence-electron chi connectivity index (χ2n) is 5.00. The SMILES string of the molecule is CC1CN(CCc2cnn(C)c2)CC(C)N1.Cl.Cl.